The first kappa shape index (κ1) is 20.5. The smallest absolute Gasteiger partial charge is 0.322 e. The van der Waals surface area contributed by atoms with Gasteiger partial charge < -0.3 is 15.7 Å². The summed E-state index contributed by atoms with van der Waals surface area (Å²) in [6, 6.07) is 17.0. The van der Waals surface area contributed by atoms with Crippen LogP contribution in [0.5, 0.6) is 0 Å². The summed E-state index contributed by atoms with van der Waals surface area (Å²) in [5.41, 5.74) is 2.62. The average molecular weight is 395 g/mol. The monoisotopic (exact) mass is 395 g/mol. The van der Waals surface area contributed by atoms with E-state index in [1.807, 2.05) is 18.2 Å². The molecule has 152 valence electrons. The zero-order valence-corrected chi connectivity index (χ0v) is 16.1. The Kier molecular flexibility index (Phi) is 6.97. The van der Waals surface area contributed by atoms with E-state index in [4.69, 9.17) is 5.11 Å². The van der Waals surface area contributed by atoms with Crippen molar-refractivity contribution in [2.24, 2.45) is 0 Å². The molecule has 1 aliphatic rings. The molecular formula is C22H25N3O4. The molecule has 0 spiro atoms. The molecule has 0 aromatic heterocycles. The van der Waals surface area contributed by atoms with E-state index in [1.165, 1.54) is 5.56 Å². The average Bonchev–Trinajstić information content (AvgIpc) is 3.17. The van der Waals surface area contributed by atoms with Crippen LogP contribution in [0.4, 0.5) is 5.69 Å². The third-order valence-electron chi connectivity index (χ3n) is 4.92. The van der Waals surface area contributed by atoms with Gasteiger partial charge in [-0.3, -0.25) is 19.3 Å². The van der Waals surface area contributed by atoms with Gasteiger partial charge in [0.05, 0.1) is 12.5 Å². The van der Waals surface area contributed by atoms with Gasteiger partial charge in [0.15, 0.2) is 0 Å². The van der Waals surface area contributed by atoms with E-state index in [-0.39, 0.29) is 24.3 Å². The van der Waals surface area contributed by atoms with Gasteiger partial charge in [0.25, 0.3) is 0 Å². The number of carbonyl (C=O) groups excluding carboxylic acids is 2. The van der Waals surface area contributed by atoms with Crippen LogP contribution in [0.15, 0.2) is 54.6 Å². The Balaban J connectivity index is 1.53. The molecule has 2 amide bonds. The molecule has 0 bridgehead atoms. The van der Waals surface area contributed by atoms with E-state index in [9.17, 15) is 14.4 Å². The Labute approximate surface area is 169 Å². The van der Waals surface area contributed by atoms with Gasteiger partial charge in [0, 0.05) is 12.2 Å². The van der Waals surface area contributed by atoms with Gasteiger partial charge in [-0.2, -0.15) is 0 Å². The fourth-order valence-corrected chi connectivity index (χ4v) is 3.48. The molecule has 2 aromatic rings. The zero-order valence-electron chi connectivity index (χ0n) is 16.1. The maximum atomic E-state index is 12.8. The number of nitrogens with one attached hydrogen (secondary N) is 2. The molecule has 1 atom stereocenters. The van der Waals surface area contributed by atoms with Crippen LogP contribution < -0.4 is 10.6 Å². The zero-order chi connectivity index (χ0) is 20.6. The van der Waals surface area contributed by atoms with Gasteiger partial charge >= 0.3 is 5.97 Å². The number of anilines is 1. The molecule has 3 N–H and O–H groups in total. The molecule has 0 radical (unpaired) electrons. The Bertz CT molecular complexity index is 852. The Morgan fingerprint density at radius 2 is 1.72 bits per heavy atom. The van der Waals surface area contributed by atoms with Crippen LogP contribution in [0.1, 0.15) is 24.0 Å². The van der Waals surface area contributed by atoms with Crippen LogP contribution in [0.3, 0.4) is 0 Å². The van der Waals surface area contributed by atoms with Crippen molar-refractivity contribution in [2.75, 3.05) is 18.4 Å². The van der Waals surface area contributed by atoms with Crippen molar-refractivity contribution in [1.82, 2.24) is 10.2 Å². The van der Waals surface area contributed by atoms with Gasteiger partial charge in [-0.1, -0.05) is 42.5 Å². The predicted molar refractivity (Wildman–Crippen MR) is 109 cm³/mol. The van der Waals surface area contributed by atoms with Crippen molar-refractivity contribution in [3.8, 4) is 0 Å². The van der Waals surface area contributed by atoms with Gasteiger partial charge in [-0.05, 0) is 42.6 Å². The predicted octanol–water partition coefficient (Wildman–Crippen LogP) is 2.03. The molecule has 1 heterocycles. The summed E-state index contributed by atoms with van der Waals surface area (Å²) in [6.07, 6.45) is 1.92. The lowest BCUT2D eigenvalue weighted by atomic mass is 10.1. The Morgan fingerprint density at radius 1 is 1.00 bits per heavy atom. The first-order valence-corrected chi connectivity index (χ1v) is 9.67. The molecule has 1 fully saturated rings. The molecule has 1 saturated heterocycles. The highest BCUT2D eigenvalue weighted by Crippen LogP contribution is 2.22. The summed E-state index contributed by atoms with van der Waals surface area (Å²) in [7, 11) is 0. The lowest BCUT2D eigenvalue weighted by Crippen LogP contribution is -2.39. The lowest BCUT2D eigenvalue weighted by molar-refractivity contribution is -0.137. The number of carboxylic acid groups (broad SMARTS) is 1. The Hall–Kier alpha value is -3.19. The van der Waals surface area contributed by atoms with Gasteiger partial charge in [-0.25, -0.2) is 0 Å². The highest BCUT2D eigenvalue weighted by Gasteiger charge is 2.30. The third kappa shape index (κ3) is 6.15. The number of amides is 2. The lowest BCUT2D eigenvalue weighted by Gasteiger charge is -2.23. The topological polar surface area (TPSA) is 98.7 Å². The number of benzene rings is 2. The van der Waals surface area contributed by atoms with Crippen molar-refractivity contribution in [1.29, 1.82) is 0 Å². The summed E-state index contributed by atoms with van der Waals surface area (Å²) in [5.74, 6) is -1.46. The van der Waals surface area contributed by atoms with Crippen LogP contribution in [0, 0.1) is 0 Å². The molecule has 3 rings (SSSR count). The Morgan fingerprint density at radius 3 is 2.41 bits per heavy atom. The number of carboxylic acids is 1. The van der Waals surface area contributed by atoms with Crippen molar-refractivity contribution in [3.05, 3.63) is 65.7 Å². The second-order valence-electron chi connectivity index (χ2n) is 7.15. The van der Waals surface area contributed by atoms with Gasteiger partial charge in [0.1, 0.15) is 6.54 Å². The minimum absolute atomic E-state index is 0.0228. The highest BCUT2D eigenvalue weighted by molar-refractivity contribution is 5.95. The highest BCUT2D eigenvalue weighted by atomic mass is 16.4. The fourth-order valence-electron chi connectivity index (χ4n) is 3.48. The molecule has 7 nitrogen and oxygen atoms in total. The second-order valence-corrected chi connectivity index (χ2v) is 7.15. The molecule has 7 heteroatoms. The van der Waals surface area contributed by atoms with Gasteiger partial charge in [-0.15, -0.1) is 0 Å². The number of aliphatic carboxylic acids is 1. The van der Waals surface area contributed by atoms with Crippen LogP contribution in [0.25, 0.3) is 0 Å². The fraction of sp³-hybridized carbons (Fsp3) is 0.318. The molecule has 2 aromatic carbocycles. The van der Waals surface area contributed by atoms with E-state index in [2.05, 4.69) is 27.7 Å². The van der Waals surface area contributed by atoms with Crippen molar-refractivity contribution >= 4 is 23.5 Å². The molecule has 0 saturated carbocycles. The third-order valence-corrected chi connectivity index (χ3v) is 4.92. The molecule has 29 heavy (non-hydrogen) atoms. The van der Waals surface area contributed by atoms with E-state index < -0.39 is 12.5 Å². The number of carbonyl (C=O) groups is 3. The second kappa shape index (κ2) is 9.84. The maximum Gasteiger partial charge on any atom is 0.322 e. The summed E-state index contributed by atoms with van der Waals surface area (Å²) in [4.78, 5) is 37.1. The molecule has 1 unspecified atom stereocenters. The molecular weight excluding hydrogens is 370 g/mol. The molecule has 0 aliphatic carbocycles. The molecule has 1 aliphatic heterocycles. The minimum Gasteiger partial charge on any atom is -0.480 e. The van der Waals surface area contributed by atoms with E-state index in [0.29, 0.717) is 5.69 Å². The van der Waals surface area contributed by atoms with Crippen LogP contribution in [-0.4, -0.2) is 46.9 Å². The number of hydrogen-bond donors (Lipinski definition) is 3. The first-order valence-electron chi connectivity index (χ1n) is 9.67. The minimum atomic E-state index is -1.08. The maximum absolute atomic E-state index is 12.8. The van der Waals surface area contributed by atoms with E-state index >= 15 is 0 Å². The summed E-state index contributed by atoms with van der Waals surface area (Å²) >= 11 is 0. The van der Waals surface area contributed by atoms with Crippen molar-refractivity contribution in [3.63, 3.8) is 0 Å². The summed E-state index contributed by atoms with van der Waals surface area (Å²) < 4.78 is 0. The number of hydrogen-bond acceptors (Lipinski definition) is 4. The number of likely N-dealkylation sites (tertiary alicyclic amines) is 1. The number of rotatable bonds is 8. The summed E-state index contributed by atoms with van der Waals surface area (Å²) in [6.45, 7) is 1.26. The van der Waals surface area contributed by atoms with E-state index in [0.717, 1.165) is 31.5 Å². The number of nitrogens with zero attached hydrogens (tertiary/aromatic N) is 1. The van der Waals surface area contributed by atoms with Crippen LogP contribution in [-0.2, 0) is 27.3 Å². The van der Waals surface area contributed by atoms with Crippen molar-refractivity contribution in [2.45, 2.75) is 31.8 Å². The SMILES string of the molecule is O=C(O)CNC(=O)Cc1ccc(NC(=O)C2CCCN2Cc2ccccc2)cc1. The van der Waals surface area contributed by atoms with Gasteiger partial charge in [0.2, 0.25) is 11.8 Å². The van der Waals surface area contributed by atoms with Crippen LogP contribution in [0.2, 0.25) is 0 Å². The van der Waals surface area contributed by atoms with Crippen LogP contribution >= 0.6 is 0 Å². The normalized spacial score (nSPS) is 16.3. The standard InChI is InChI=1S/C22H25N3O4/c26-20(23-14-21(27)28)13-16-8-10-18(11-9-16)24-22(29)19-7-4-12-25(19)15-17-5-2-1-3-6-17/h1-3,5-6,8-11,19H,4,7,12-15H2,(H,23,26)(H,24,29)(H,27,28). The quantitative estimate of drug-likeness (QED) is 0.635. The van der Waals surface area contributed by atoms with Crippen molar-refractivity contribution < 1.29 is 19.5 Å². The van der Waals surface area contributed by atoms with E-state index in [1.54, 1.807) is 24.3 Å². The largest absolute Gasteiger partial charge is 0.480 e. The first-order chi connectivity index (χ1) is 14.0. The summed E-state index contributed by atoms with van der Waals surface area (Å²) in [5, 5.41) is 13.9.